The normalized spacial score (nSPS) is 11.1. The number of rotatable bonds is 7. The number of halogens is 1. The van der Waals surface area contributed by atoms with Crippen LogP contribution >= 0.6 is 11.6 Å². The number of ether oxygens (including phenoxy) is 2. The summed E-state index contributed by atoms with van der Waals surface area (Å²) in [5, 5.41) is 13.2. The maximum absolute atomic E-state index is 12.5. The number of para-hydroxylation sites is 1. The highest BCUT2D eigenvalue weighted by molar-refractivity contribution is 6.31. The van der Waals surface area contributed by atoms with Crippen LogP contribution in [0.25, 0.3) is 22.6 Å². The predicted octanol–water partition coefficient (Wildman–Crippen LogP) is 4.67. The van der Waals surface area contributed by atoms with E-state index in [9.17, 15) is 14.9 Å². The number of nitriles is 1. The molecule has 1 amide bonds. The van der Waals surface area contributed by atoms with E-state index >= 15 is 0 Å². The summed E-state index contributed by atoms with van der Waals surface area (Å²) in [6.07, 6.45) is 1.56. The standard InChI is InChI=1S/C26H19ClN4O4/c1-34-23-12-16(7-10-22(23)35-15-24(32)29-19-5-3-2-4-6-19)11-17(14-28)25-30-21-9-8-18(27)13-20(21)26(33)31-25/h2-13H,15H2,1H3,(H,29,32)(H,30,31,33). The number of aromatic nitrogens is 2. The second-order valence-corrected chi connectivity index (χ2v) is 7.80. The number of methoxy groups -OCH3 is 1. The molecule has 35 heavy (non-hydrogen) atoms. The molecule has 0 bridgehead atoms. The third kappa shape index (κ3) is 5.66. The largest absolute Gasteiger partial charge is 0.493 e. The molecule has 2 N–H and O–H groups in total. The molecule has 0 fully saturated rings. The monoisotopic (exact) mass is 486 g/mol. The summed E-state index contributed by atoms with van der Waals surface area (Å²) in [6.45, 7) is -0.212. The lowest BCUT2D eigenvalue weighted by atomic mass is 10.1. The van der Waals surface area contributed by atoms with Crippen molar-refractivity contribution in [3.63, 3.8) is 0 Å². The van der Waals surface area contributed by atoms with Crippen LogP contribution in [0.5, 0.6) is 11.5 Å². The number of fused-ring (bicyclic) bond motifs is 1. The Morgan fingerprint density at radius 3 is 2.69 bits per heavy atom. The van der Waals surface area contributed by atoms with Gasteiger partial charge in [-0.2, -0.15) is 5.26 Å². The maximum Gasteiger partial charge on any atom is 0.262 e. The van der Waals surface area contributed by atoms with E-state index in [0.29, 0.717) is 38.7 Å². The quantitative estimate of drug-likeness (QED) is 0.367. The molecule has 4 aromatic rings. The van der Waals surface area contributed by atoms with Crippen molar-refractivity contribution in [2.75, 3.05) is 19.0 Å². The molecule has 0 atom stereocenters. The van der Waals surface area contributed by atoms with Gasteiger partial charge >= 0.3 is 0 Å². The number of nitrogens with zero attached hydrogens (tertiary/aromatic N) is 2. The van der Waals surface area contributed by atoms with Crippen LogP contribution in [0.4, 0.5) is 5.69 Å². The molecule has 0 unspecified atom stereocenters. The summed E-state index contributed by atoms with van der Waals surface area (Å²) in [7, 11) is 1.47. The minimum absolute atomic E-state index is 0.129. The first-order valence-corrected chi connectivity index (χ1v) is 10.8. The van der Waals surface area contributed by atoms with E-state index in [2.05, 4.69) is 21.4 Å². The molecule has 0 aliphatic heterocycles. The zero-order valence-electron chi connectivity index (χ0n) is 18.5. The van der Waals surface area contributed by atoms with Crippen LogP contribution in [-0.2, 0) is 4.79 Å². The number of carbonyl (C=O) groups excluding carboxylic acids is 1. The fraction of sp³-hybridized carbons (Fsp3) is 0.0769. The molecule has 1 aromatic heterocycles. The van der Waals surface area contributed by atoms with Crippen LogP contribution in [0.1, 0.15) is 11.4 Å². The van der Waals surface area contributed by atoms with Crippen LogP contribution in [-0.4, -0.2) is 29.6 Å². The van der Waals surface area contributed by atoms with Crippen LogP contribution in [0.15, 0.2) is 71.5 Å². The van der Waals surface area contributed by atoms with Gasteiger partial charge in [0, 0.05) is 10.7 Å². The number of amides is 1. The molecule has 0 saturated carbocycles. The maximum atomic E-state index is 12.5. The number of carbonyl (C=O) groups is 1. The highest BCUT2D eigenvalue weighted by atomic mass is 35.5. The van der Waals surface area contributed by atoms with Crippen molar-refractivity contribution in [2.45, 2.75) is 0 Å². The van der Waals surface area contributed by atoms with E-state index in [1.54, 1.807) is 48.5 Å². The molecule has 3 aromatic carbocycles. The lowest BCUT2D eigenvalue weighted by Gasteiger charge is -2.12. The van der Waals surface area contributed by atoms with E-state index in [-0.39, 0.29) is 23.9 Å². The van der Waals surface area contributed by atoms with Gasteiger partial charge < -0.3 is 19.8 Å². The van der Waals surface area contributed by atoms with Gasteiger partial charge in [0.05, 0.1) is 23.6 Å². The van der Waals surface area contributed by atoms with Crippen molar-refractivity contribution >= 4 is 45.7 Å². The summed E-state index contributed by atoms with van der Waals surface area (Å²) < 4.78 is 11.0. The third-order valence-corrected chi connectivity index (χ3v) is 5.19. The summed E-state index contributed by atoms with van der Waals surface area (Å²) in [6, 6.07) is 20.9. The Hall–Kier alpha value is -4.61. The lowest BCUT2D eigenvalue weighted by Crippen LogP contribution is -2.20. The van der Waals surface area contributed by atoms with Crippen molar-refractivity contribution in [1.29, 1.82) is 5.26 Å². The van der Waals surface area contributed by atoms with Crippen LogP contribution in [0, 0.1) is 11.3 Å². The molecular formula is C26H19ClN4O4. The van der Waals surface area contributed by atoms with E-state index in [1.807, 2.05) is 18.2 Å². The summed E-state index contributed by atoms with van der Waals surface area (Å²) in [4.78, 5) is 31.6. The smallest absolute Gasteiger partial charge is 0.262 e. The van der Waals surface area contributed by atoms with Gasteiger partial charge in [-0.3, -0.25) is 9.59 Å². The van der Waals surface area contributed by atoms with E-state index in [0.717, 1.165) is 0 Å². The number of aromatic amines is 1. The second-order valence-electron chi connectivity index (χ2n) is 7.36. The molecule has 0 radical (unpaired) electrons. The van der Waals surface area contributed by atoms with Gasteiger partial charge in [0.15, 0.2) is 23.9 Å². The Morgan fingerprint density at radius 2 is 1.94 bits per heavy atom. The van der Waals surface area contributed by atoms with Gasteiger partial charge in [-0.25, -0.2) is 4.98 Å². The first-order valence-electron chi connectivity index (χ1n) is 10.4. The number of anilines is 1. The summed E-state index contributed by atoms with van der Waals surface area (Å²) >= 11 is 5.96. The number of H-pyrrole nitrogens is 1. The molecule has 1 heterocycles. The van der Waals surface area contributed by atoms with E-state index in [4.69, 9.17) is 21.1 Å². The van der Waals surface area contributed by atoms with Gasteiger partial charge in [-0.05, 0) is 54.1 Å². The molecule has 0 aliphatic carbocycles. The van der Waals surface area contributed by atoms with E-state index < -0.39 is 5.56 Å². The SMILES string of the molecule is COc1cc(C=C(C#N)c2nc3ccc(Cl)cc3c(=O)[nH]2)ccc1OCC(=O)Nc1ccccc1. The molecule has 0 spiro atoms. The summed E-state index contributed by atoms with van der Waals surface area (Å²) in [5.41, 5.74) is 1.45. The van der Waals surface area contributed by atoms with Gasteiger partial charge in [0.25, 0.3) is 11.5 Å². The zero-order chi connectivity index (χ0) is 24.8. The number of hydrogen-bond acceptors (Lipinski definition) is 6. The van der Waals surface area contributed by atoms with Gasteiger partial charge in [0.2, 0.25) is 0 Å². The minimum atomic E-state index is -0.399. The topological polar surface area (TPSA) is 117 Å². The number of allylic oxidation sites excluding steroid dienone is 1. The van der Waals surface area contributed by atoms with Crippen molar-refractivity contribution in [3.8, 4) is 17.6 Å². The minimum Gasteiger partial charge on any atom is -0.493 e. The lowest BCUT2D eigenvalue weighted by molar-refractivity contribution is -0.118. The number of nitrogens with one attached hydrogen (secondary N) is 2. The number of benzene rings is 3. The van der Waals surface area contributed by atoms with Crippen molar-refractivity contribution < 1.29 is 14.3 Å². The van der Waals surface area contributed by atoms with Crippen LogP contribution in [0.2, 0.25) is 5.02 Å². The van der Waals surface area contributed by atoms with Crippen molar-refractivity contribution in [2.24, 2.45) is 0 Å². The summed E-state index contributed by atoms with van der Waals surface area (Å²) in [5.74, 6) is 0.546. The Balaban J connectivity index is 1.55. The molecule has 4 rings (SSSR count). The van der Waals surface area contributed by atoms with Crippen molar-refractivity contribution in [3.05, 3.63) is 93.5 Å². The average molecular weight is 487 g/mol. The second kappa shape index (κ2) is 10.5. The molecule has 174 valence electrons. The fourth-order valence-electron chi connectivity index (χ4n) is 3.31. The molecule has 0 aliphatic rings. The first kappa shape index (κ1) is 23.5. The molecule has 0 saturated heterocycles. The highest BCUT2D eigenvalue weighted by Gasteiger charge is 2.12. The highest BCUT2D eigenvalue weighted by Crippen LogP contribution is 2.29. The first-order chi connectivity index (χ1) is 17.0. The van der Waals surface area contributed by atoms with Crippen LogP contribution < -0.4 is 20.3 Å². The number of hydrogen-bond donors (Lipinski definition) is 2. The molecular weight excluding hydrogens is 468 g/mol. The van der Waals surface area contributed by atoms with Crippen LogP contribution in [0.3, 0.4) is 0 Å². The Kier molecular flexibility index (Phi) is 7.10. The Bertz CT molecular complexity index is 1520. The predicted molar refractivity (Wildman–Crippen MR) is 134 cm³/mol. The van der Waals surface area contributed by atoms with Crippen molar-refractivity contribution in [1.82, 2.24) is 9.97 Å². The Morgan fingerprint density at radius 1 is 1.14 bits per heavy atom. The fourth-order valence-corrected chi connectivity index (χ4v) is 3.49. The van der Waals surface area contributed by atoms with Gasteiger partial charge in [-0.15, -0.1) is 0 Å². The van der Waals surface area contributed by atoms with Gasteiger partial charge in [-0.1, -0.05) is 35.9 Å². The molecule has 8 nitrogen and oxygen atoms in total. The third-order valence-electron chi connectivity index (χ3n) is 4.96. The zero-order valence-corrected chi connectivity index (χ0v) is 19.3. The molecule has 9 heteroatoms. The van der Waals surface area contributed by atoms with Gasteiger partial charge in [0.1, 0.15) is 6.07 Å². The van der Waals surface area contributed by atoms with E-state index in [1.165, 1.54) is 13.2 Å². The average Bonchev–Trinajstić information content (AvgIpc) is 2.87. The Labute approximate surface area is 205 Å².